The van der Waals surface area contributed by atoms with Crippen molar-refractivity contribution in [3.8, 4) is 0 Å². The fraction of sp³-hybridized carbons (Fsp3) is 0.615. The van der Waals surface area contributed by atoms with Gasteiger partial charge in [0.1, 0.15) is 0 Å². The summed E-state index contributed by atoms with van der Waals surface area (Å²) < 4.78 is 1.05. The monoisotopic (exact) mass is 282 g/mol. The molecule has 2 atom stereocenters. The summed E-state index contributed by atoms with van der Waals surface area (Å²) in [6.07, 6.45) is 9.26. The van der Waals surface area contributed by atoms with Gasteiger partial charge in [0.25, 0.3) is 0 Å². The van der Waals surface area contributed by atoms with Gasteiger partial charge in [-0.2, -0.15) is 0 Å². The number of aromatic nitrogens is 1. The molecule has 0 aliphatic heterocycles. The highest BCUT2D eigenvalue weighted by atomic mass is 79.9. The van der Waals surface area contributed by atoms with Crippen molar-refractivity contribution in [2.75, 3.05) is 0 Å². The lowest BCUT2D eigenvalue weighted by Gasteiger charge is -2.16. The number of nitrogens with two attached hydrogens (primary N) is 1. The number of hydrogen-bond acceptors (Lipinski definition) is 2. The first-order valence-electron chi connectivity index (χ1n) is 6.10. The van der Waals surface area contributed by atoms with E-state index in [0.29, 0.717) is 6.04 Å². The van der Waals surface area contributed by atoms with Crippen LogP contribution in [0.25, 0.3) is 0 Å². The number of halogens is 1. The highest BCUT2D eigenvalue weighted by Gasteiger charge is 2.18. The van der Waals surface area contributed by atoms with Gasteiger partial charge in [-0.1, -0.05) is 19.3 Å². The van der Waals surface area contributed by atoms with Crippen molar-refractivity contribution in [3.05, 3.63) is 28.5 Å². The Labute approximate surface area is 106 Å². The minimum absolute atomic E-state index is 0.406. The summed E-state index contributed by atoms with van der Waals surface area (Å²) in [5.41, 5.74) is 7.27. The lowest BCUT2D eigenvalue weighted by Crippen LogP contribution is -2.22. The summed E-state index contributed by atoms with van der Waals surface area (Å²) in [6, 6.07) is 4.59. The van der Waals surface area contributed by atoms with Crippen LogP contribution in [0.2, 0.25) is 0 Å². The first kappa shape index (κ1) is 12.1. The van der Waals surface area contributed by atoms with E-state index >= 15 is 0 Å². The lowest BCUT2D eigenvalue weighted by molar-refractivity contribution is 0.427. The summed E-state index contributed by atoms with van der Waals surface area (Å²) in [4.78, 5) is 4.44. The van der Waals surface area contributed by atoms with Crippen LogP contribution in [-0.2, 0) is 6.42 Å². The molecule has 2 unspecified atom stereocenters. The molecular weight excluding hydrogens is 264 g/mol. The Morgan fingerprint density at radius 3 is 2.88 bits per heavy atom. The molecule has 16 heavy (non-hydrogen) atoms. The van der Waals surface area contributed by atoms with Crippen molar-refractivity contribution < 1.29 is 0 Å². The van der Waals surface area contributed by atoms with Crippen LogP contribution in [-0.4, -0.2) is 11.0 Å². The molecule has 0 spiro atoms. The second-order valence-electron chi connectivity index (χ2n) is 4.82. The molecular formula is C13H19BrN2. The third-order valence-electron chi connectivity index (χ3n) is 3.36. The van der Waals surface area contributed by atoms with Gasteiger partial charge in [0.2, 0.25) is 0 Å². The molecule has 0 amide bonds. The molecule has 2 N–H and O–H groups in total. The van der Waals surface area contributed by atoms with E-state index in [4.69, 9.17) is 5.73 Å². The minimum atomic E-state index is 0.406. The molecule has 1 aromatic rings. The molecule has 1 aliphatic rings. The fourth-order valence-corrected chi connectivity index (χ4v) is 2.75. The molecule has 1 heterocycles. The van der Waals surface area contributed by atoms with Crippen LogP contribution in [0.3, 0.4) is 0 Å². The summed E-state index contributed by atoms with van der Waals surface area (Å²) in [6.45, 7) is 0. The molecule has 0 radical (unpaired) electrons. The van der Waals surface area contributed by atoms with Crippen molar-refractivity contribution >= 4 is 15.9 Å². The van der Waals surface area contributed by atoms with Crippen molar-refractivity contribution in [1.82, 2.24) is 4.98 Å². The SMILES string of the molecule is NC1CCCCC(Cc2ccc(Br)cn2)C1. The quantitative estimate of drug-likeness (QED) is 0.846. The normalized spacial score (nSPS) is 26.4. The van der Waals surface area contributed by atoms with Crippen LogP contribution >= 0.6 is 15.9 Å². The van der Waals surface area contributed by atoms with E-state index in [1.54, 1.807) is 0 Å². The zero-order valence-corrected chi connectivity index (χ0v) is 11.1. The number of hydrogen-bond donors (Lipinski definition) is 1. The summed E-state index contributed by atoms with van der Waals surface area (Å²) in [5, 5.41) is 0. The highest BCUT2D eigenvalue weighted by molar-refractivity contribution is 9.10. The zero-order chi connectivity index (χ0) is 11.4. The molecule has 88 valence electrons. The van der Waals surface area contributed by atoms with Gasteiger partial charge in [-0.25, -0.2) is 0 Å². The average molecular weight is 283 g/mol. The van der Waals surface area contributed by atoms with Crippen LogP contribution in [0.1, 0.15) is 37.8 Å². The molecule has 0 bridgehead atoms. The second-order valence-corrected chi connectivity index (χ2v) is 5.73. The number of pyridine rings is 1. The second kappa shape index (κ2) is 5.78. The van der Waals surface area contributed by atoms with Crippen LogP contribution in [0.4, 0.5) is 0 Å². The third kappa shape index (κ3) is 3.56. The Bertz CT molecular complexity index is 323. The van der Waals surface area contributed by atoms with Crippen molar-refractivity contribution in [2.45, 2.75) is 44.6 Å². The maximum Gasteiger partial charge on any atom is 0.0413 e. The first-order valence-corrected chi connectivity index (χ1v) is 6.89. The molecule has 1 aliphatic carbocycles. The van der Waals surface area contributed by atoms with Gasteiger partial charge in [0, 0.05) is 22.4 Å². The Morgan fingerprint density at radius 2 is 2.12 bits per heavy atom. The van der Waals surface area contributed by atoms with Gasteiger partial charge in [-0.15, -0.1) is 0 Å². The predicted molar refractivity (Wildman–Crippen MR) is 70.2 cm³/mol. The topological polar surface area (TPSA) is 38.9 Å². The Hall–Kier alpha value is -0.410. The van der Waals surface area contributed by atoms with Gasteiger partial charge >= 0.3 is 0 Å². The highest BCUT2D eigenvalue weighted by Crippen LogP contribution is 2.25. The third-order valence-corrected chi connectivity index (χ3v) is 3.83. The smallest absolute Gasteiger partial charge is 0.0413 e. The van der Waals surface area contributed by atoms with Crippen molar-refractivity contribution in [2.24, 2.45) is 11.7 Å². The van der Waals surface area contributed by atoms with E-state index < -0.39 is 0 Å². The van der Waals surface area contributed by atoms with Gasteiger partial charge in [0.15, 0.2) is 0 Å². The van der Waals surface area contributed by atoms with Crippen LogP contribution < -0.4 is 5.73 Å². The molecule has 2 rings (SSSR count). The van der Waals surface area contributed by atoms with Crippen molar-refractivity contribution in [3.63, 3.8) is 0 Å². The molecule has 1 saturated carbocycles. The van der Waals surface area contributed by atoms with Crippen LogP contribution in [0, 0.1) is 5.92 Å². The zero-order valence-electron chi connectivity index (χ0n) is 9.53. The number of nitrogens with zero attached hydrogens (tertiary/aromatic N) is 1. The van der Waals surface area contributed by atoms with E-state index in [-0.39, 0.29) is 0 Å². The van der Waals surface area contributed by atoms with Crippen LogP contribution in [0.15, 0.2) is 22.8 Å². The van der Waals surface area contributed by atoms with E-state index in [1.807, 2.05) is 6.20 Å². The standard InChI is InChI=1S/C13H19BrN2/c14-11-5-6-13(16-9-11)8-10-3-1-2-4-12(15)7-10/h5-6,9-10,12H,1-4,7-8,15H2. The maximum atomic E-state index is 6.07. The van der Waals surface area contributed by atoms with E-state index in [2.05, 4.69) is 33.0 Å². The fourth-order valence-electron chi connectivity index (χ4n) is 2.51. The van der Waals surface area contributed by atoms with E-state index in [0.717, 1.165) is 23.2 Å². The minimum Gasteiger partial charge on any atom is -0.328 e. The summed E-state index contributed by atoms with van der Waals surface area (Å²) in [7, 11) is 0. The van der Waals surface area contributed by atoms with Crippen LogP contribution in [0.5, 0.6) is 0 Å². The predicted octanol–water partition coefficient (Wildman–Crippen LogP) is 3.29. The molecule has 0 aromatic carbocycles. The molecule has 1 fully saturated rings. The molecule has 3 heteroatoms. The molecule has 0 saturated heterocycles. The van der Waals surface area contributed by atoms with Crippen molar-refractivity contribution in [1.29, 1.82) is 0 Å². The Balaban J connectivity index is 1.95. The Morgan fingerprint density at radius 1 is 1.31 bits per heavy atom. The summed E-state index contributed by atoms with van der Waals surface area (Å²) >= 11 is 3.41. The first-order chi connectivity index (χ1) is 7.74. The van der Waals surface area contributed by atoms with E-state index in [1.165, 1.54) is 31.4 Å². The van der Waals surface area contributed by atoms with Gasteiger partial charge in [-0.05, 0) is 53.2 Å². The molecule has 2 nitrogen and oxygen atoms in total. The van der Waals surface area contributed by atoms with Gasteiger partial charge < -0.3 is 5.73 Å². The summed E-state index contributed by atoms with van der Waals surface area (Å²) in [5.74, 6) is 0.728. The Kier molecular flexibility index (Phi) is 4.36. The van der Waals surface area contributed by atoms with Gasteiger partial charge in [-0.3, -0.25) is 4.98 Å². The largest absolute Gasteiger partial charge is 0.328 e. The molecule has 1 aromatic heterocycles. The lowest BCUT2D eigenvalue weighted by atomic mass is 9.93. The van der Waals surface area contributed by atoms with Gasteiger partial charge in [0.05, 0.1) is 0 Å². The number of rotatable bonds is 2. The average Bonchev–Trinajstić information content (AvgIpc) is 2.46. The maximum absolute atomic E-state index is 6.07. The van der Waals surface area contributed by atoms with E-state index in [9.17, 15) is 0 Å².